The molecule has 0 aromatic heterocycles. The van der Waals surface area contributed by atoms with Crippen LogP contribution in [-0.4, -0.2) is 13.1 Å². The normalized spacial score (nSPS) is 12.3. The zero-order valence-electron chi connectivity index (χ0n) is 12.3. The molecule has 0 saturated carbocycles. The average Bonchev–Trinajstić information content (AvgIpc) is 2.48. The average molecular weight is 367 g/mol. The maximum atomic E-state index is 6.15. The molecule has 0 radical (unpaired) electrons. The summed E-state index contributed by atoms with van der Waals surface area (Å²) in [4.78, 5) is 0. The van der Waals surface area contributed by atoms with E-state index < -0.39 is 0 Å². The van der Waals surface area contributed by atoms with Gasteiger partial charge in [0, 0.05) is 22.0 Å². The summed E-state index contributed by atoms with van der Waals surface area (Å²) < 4.78 is 1.12. The second kappa shape index (κ2) is 8.57. The van der Waals surface area contributed by atoms with Crippen LogP contribution >= 0.6 is 27.5 Å². The van der Waals surface area contributed by atoms with Crippen molar-refractivity contribution in [2.75, 3.05) is 13.1 Å². The third-order valence-electron chi connectivity index (χ3n) is 3.53. The van der Waals surface area contributed by atoms with Gasteiger partial charge in [-0.1, -0.05) is 58.7 Å². The molecule has 1 unspecified atom stereocenters. The molecular weight excluding hydrogens is 346 g/mol. The van der Waals surface area contributed by atoms with E-state index >= 15 is 0 Å². The van der Waals surface area contributed by atoms with Crippen LogP contribution in [0.2, 0.25) is 5.02 Å². The molecule has 0 amide bonds. The smallest absolute Gasteiger partial charge is 0.0408 e. The van der Waals surface area contributed by atoms with Crippen LogP contribution in [0.3, 0.4) is 0 Å². The summed E-state index contributed by atoms with van der Waals surface area (Å²) >= 11 is 9.64. The third-order valence-corrected chi connectivity index (χ3v) is 4.30. The Morgan fingerprint density at radius 2 is 1.90 bits per heavy atom. The Kier molecular flexibility index (Phi) is 6.75. The van der Waals surface area contributed by atoms with Gasteiger partial charge < -0.3 is 5.32 Å². The molecule has 2 aromatic carbocycles. The van der Waals surface area contributed by atoms with E-state index in [0.717, 1.165) is 35.4 Å². The second-order valence-electron chi connectivity index (χ2n) is 5.29. The summed E-state index contributed by atoms with van der Waals surface area (Å²) in [6.07, 6.45) is 2.17. The van der Waals surface area contributed by atoms with Crippen molar-refractivity contribution in [1.29, 1.82) is 0 Å². The lowest BCUT2D eigenvalue weighted by atomic mass is 9.92. The lowest BCUT2D eigenvalue weighted by Gasteiger charge is -2.19. The van der Waals surface area contributed by atoms with Crippen molar-refractivity contribution in [3.63, 3.8) is 0 Å². The van der Waals surface area contributed by atoms with E-state index in [0.29, 0.717) is 5.92 Å². The Morgan fingerprint density at radius 1 is 1.14 bits per heavy atom. The van der Waals surface area contributed by atoms with Gasteiger partial charge in [0.2, 0.25) is 0 Å². The maximum Gasteiger partial charge on any atom is 0.0408 e. The fourth-order valence-electron chi connectivity index (χ4n) is 2.43. The zero-order chi connectivity index (χ0) is 15.1. The van der Waals surface area contributed by atoms with Gasteiger partial charge in [0.25, 0.3) is 0 Å². The highest BCUT2D eigenvalue weighted by molar-refractivity contribution is 9.10. The van der Waals surface area contributed by atoms with Crippen molar-refractivity contribution >= 4 is 27.5 Å². The molecule has 0 heterocycles. The molecule has 1 N–H and O–H groups in total. The first-order valence-corrected chi connectivity index (χ1v) is 8.56. The van der Waals surface area contributed by atoms with E-state index in [1.165, 1.54) is 11.1 Å². The number of halogens is 2. The summed E-state index contributed by atoms with van der Waals surface area (Å²) in [5.74, 6) is 0.441. The van der Waals surface area contributed by atoms with Gasteiger partial charge in [0.1, 0.15) is 0 Å². The molecule has 0 aliphatic heterocycles. The topological polar surface area (TPSA) is 12.0 Å². The standard InChI is InChI=1S/C18H21BrClN/c1-2-10-21-13-16(15-4-3-5-18(20)12-15)11-14-6-8-17(19)9-7-14/h3-9,12,16,21H,2,10-11,13H2,1H3. The van der Waals surface area contributed by atoms with E-state index in [1.54, 1.807) is 0 Å². The minimum absolute atomic E-state index is 0.441. The Labute approximate surface area is 140 Å². The van der Waals surface area contributed by atoms with E-state index in [9.17, 15) is 0 Å². The molecule has 1 atom stereocenters. The highest BCUT2D eigenvalue weighted by atomic mass is 79.9. The number of benzene rings is 2. The van der Waals surface area contributed by atoms with E-state index in [-0.39, 0.29) is 0 Å². The van der Waals surface area contributed by atoms with Gasteiger partial charge in [-0.25, -0.2) is 0 Å². The second-order valence-corrected chi connectivity index (χ2v) is 6.64. The molecule has 0 aliphatic rings. The third kappa shape index (κ3) is 5.46. The van der Waals surface area contributed by atoms with Crippen molar-refractivity contribution in [1.82, 2.24) is 5.32 Å². The highest BCUT2D eigenvalue weighted by Gasteiger charge is 2.12. The van der Waals surface area contributed by atoms with Gasteiger partial charge in [-0.15, -0.1) is 0 Å². The van der Waals surface area contributed by atoms with Gasteiger partial charge in [-0.2, -0.15) is 0 Å². The van der Waals surface area contributed by atoms with Crippen LogP contribution in [0.1, 0.15) is 30.4 Å². The Bertz CT molecular complexity index is 553. The van der Waals surface area contributed by atoms with Gasteiger partial charge in [-0.05, 0) is 54.8 Å². The number of hydrogen-bond donors (Lipinski definition) is 1. The van der Waals surface area contributed by atoms with E-state index in [1.807, 2.05) is 12.1 Å². The number of nitrogens with one attached hydrogen (secondary N) is 1. The molecule has 0 fully saturated rings. The molecule has 0 saturated heterocycles. The van der Waals surface area contributed by atoms with Crippen molar-refractivity contribution in [3.8, 4) is 0 Å². The summed E-state index contributed by atoms with van der Waals surface area (Å²) in [6.45, 7) is 4.22. The first kappa shape index (κ1) is 16.5. The molecule has 2 rings (SSSR count). The van der Waals surface area contributed by atoms with Crippen LogP contribution in [0, 0.1) is 0 Å². The predicted molar refractivity (Wildman–Crippen MR) is 95.2 cm³/mol. The van der Waals surface area contributed by atoms with Crippen LogP contribution in [0.15, 0.2) is 53.0 Å². The Morgan fingerprint density at radius 3 is 2.57 bits per heavy atom. The molecule has 1 nitrogen and oxygen atoms in total. The lowest BCUT2D eigenvalue weighted by Crippen LogP contribution is -2.23. The summed E-state index contributed by atoms with van der Waals surface area (Å²) in [5, 5.41) is 4.34. The fourth-order valence-corrected chi connectivity index (χ4v) is 2.89. The summed E-state index contributed by atoms with van der Waals surface area (Å²) in [5.41, 5.74) is 2.65. The SMILES string of the molecule is CCCNCC(Cc1ccc(Br)cc1)c1cccc(Cl)c1. The van der Waals surface area contributed by atoms with Crippen LogP contribution in [0.4, 0.5) is 0 Å². The predicted octanol–water partition coefficient (Wildman–Crippen LogP) is 5.43. The number of hydrogen-bond acceptors (Lipinski definition) is 1. The van der Waals surface area contributed by atoms with Crippen molar-refractivity contribution < 1.29 is 0 Å². The van der Waals surface area contributed by atoms with Gasteiger partial charge in [0.05, 0.1) is 0 Å². The zero-order valence-corrected chi connectivity index (χ0v) is 14.6. The lowest BCUT2D eigenvalue weighted by molar-refractivity contribution is 0.576. The van der Waals surface area contributed by atoms with Gasteiger partial charge in [-0.3, -0.25) is 0 Å². The van der Waals surface area contributed by atoms with Crippen LogP contribution in [0.25, 0.3) is 0 Å². The van der Waals surface area contributed by atoms with Crippen LogP contribution in [-0.2, 0) is 6.42 Å². The molecule has 0 aliphatic carbocycles. The van der Waals surface area contributed by atoms with E-state index in [2.05, 4.69) is 64.6 Å². The minimum atomic E-state index is 0.441. The fraction of sp³-hybridized carbons (Fsp3) is 0.333. The van der Waals surface area contributed by atoms with Crippen LogP contribution in [0.5, 0.6) is 0 Å². The summed E-state index contributed by atoms with van der Waals surface area (Å²) in [6, 6.07) is 16.8. The van der Waals surface area contributed by atoms with Crippen molar-refractivity contribution in [2.24, 2.45) is 0 Å². The van der Waals surface area contributed by atoms with Gasteiger partial charge >= 0.3 is 0 Å². The molecule has 112 valence electrons. The Balaban J connectivity index is 2.13. The monoisotopic (exact) mass is 365 g/mol. The largest absolute Gasteiger partial charge is 0.316 e. The molecule has 21 heavy (non-hydrogen) atoms. The maximum absolute atomic E-state index is 6.15. The molecule has 0 spiro atoms. The van der Waals surface area contributed by atoms with Crippen molar-refractivity contribution in [2.45, 2.75) is 25.7 Å². The Hall–Kier alpha value is -0.830. The molecule has 2 aromatic rings. The highest BCUT2D eigenvalue weighted by Crippen LogP contribution is 2.24. The number of rotatable bonds is 7. The molecular formula is C18H21BrClN. The minimum Gasteiger partial charge on any atom is -0.316 e. The van der Waals surface area contributed by atoms with Crippen molar-refractivity contribution in [3.05, 3.63) is 69.2 Å². The quantitative estimate of drug-likeness (QED) is 0.644. The van der Waals surface area contributed by atoms with Gasteiger partial charge in [0.15, 0.2) is 0 Å². The van der Waals surface area contributed by atoms with E-state index in [4.69, 9.17) is 11.6 Å². The summed E-state index contributed by atoms with van der Waals surface area (Å²) in [7, 11) is 0. The first-order valence-electron chi connectivity index (χ1n) is 7.39. The molecule has 0 bridgehead atoms. The van der Waals surface area contributed by atoms with Crippen LogP contribution < -0.4 is 5.32 Å². The molecule has 3 heteroatoms. The first-order chi connectivity index (χ1) is 10.2.